The van der Waals surface area contributed by atoms with Gasteiger partial charge in [0.05, 0.1) is 11.4 Å². The van der Waals surface area contributed by atoms with Crippen LogP contribution in [0.3, 0.4) is 0 Å². The van der Waals surface area contributed by atoms with Crippen molar-refractivity contribution in [3.05, 3.63) is 23.2 Å². The van der Waals surface area contributed by atoms with Crippen LogP contribution < -0.4 is 10.2 Å². The maximum absolute atomic E-state index is 11.3. The Hall–Kier alpha value is -1.22. The standard InChI is InChI=1S/C10H11ClN2O/c1-13-5-4-10(14)12-8-3-2-7(11)6-9(8)13/h2-3,6H,4-5H2,1H3,(H,12,14). The highest BCUT2D eigenvalue weighted by Crippen LogP contribution is 2.30. The number of halogens is 1. The number of rotatable bonds is 0. The highest BCUT2D eigenvalue weighted by molar-refractivity contribution is 6.31. The summed E-state index contributed by atoms with van der Waals surface area (Å²) >= 11 is 5.89. The third-order valence-electron chi connectivity index (χ3n) is 2.32. The average Bonchev–Trinajstić information content (AvgIpc) is 2.29. The number of carbonyl (C=O) groups is 1. The zero-order chi connectivity index (χ0) is 10.1. The molecule has 1 N–H and O–H groups in total. The van der Waals surface area contributed by atoms with Crippen LogP contribution in [0.2, 0.25) is 5.02 Å². The molecule has 1 aromatic carbocycles. The summed E-state index contributed by atoms with van der Waals surface area (Å²) in [5.41, 5.74) is 1.81. The SMILES string of the molecule is CN1CCC(=O)Nc2ccc(Cl)cc21. The van der Waals surface area contributed by atoms with Gasteiger partial charge in [-0.25, -0.2) is 0 Å². The van der Waals surface area contributed by atoms with Crippen molar-refractivity contribution in [1.82, 2.24) is 0 Å². The van der Waals surface area contributed by atoms with Crippen molar-refractivity contribution < 1.29 is 4.79 Å². The van der Waals surface area contributed by atoms with Crippen molar-refractivity contribution >= 4 is 28.9 Å². The van der Waals surface area contributed by atoms with Crippen LogP contribution in [0, 0.1) is 0 Å². The summed E-state index contributed by atoms with van der Waals surface area (Å²) < 4.78 is 0. The van der Waals surface area contributed by atoms with Crippen LogP contribution >= 0.6 is 11.6 Å². The molecule has 0 fully saturated rings. The predicted octanol–water partition coefficient (Wildman–Crippen LogP) is 2.12. The van der Waals surface area contributed by atoms with E-state index in [1.165, 1.54) is 0 Å². The van der Waals surface area contributed by atoms with Crippen molar-refractivity contribution in [1.29, 1.82) is 0 Å². The zero-order valence-electron chi connectivity index (χ0n) is 7.88. The average molecular weight is 211 g/mol. The van der Waals surface area contributed by atoms with Gasteiger partial charge in [0, 0.05) is 25.0 Å². The molecule has 14 heavy (non-hydrogen) atoms. The molecule has 0 spiro atoms. The fourth-order valence-electron chi connectivity index (χ4n) is 1.53. The third-order valence-corrected chi connectivity index (χ3v) is 2.55. The zero-order valence-corrected chi connectivity index (χ0v) is 8.64. The molecular formula is C10H11ClN2O. The second-order valence-electron chi connectivity index (χ2n) is 3.38. The molecule has 1 aliphatic heterocycles. The van der Waals surface area contributed by atoms with Crippen LogP contribution in [-0.2, 0) is 4.79 Å². The van der Waals surface area contributed by atoms with Gasteiger partial charge in [-0.05, 0) is 18.2 Å². The largest absolute Gasteiger partial charge is 0.372 e. The van der Waals surface area contributed by atoms with Gasteiger partial charge in [0.2, 0.25) is 5.91 Å². The summed E-state index contributed by atoms with van der Waals surface area (Å²) in [6.07, 6.45) is 0.517. The fourth-order valence-corrected chi connectivity index (χ4v) is 1.70. The van der Waals surface area contributed by atoms with Gasteiger partial charge in [-0.3, -0.25) is 4.79 Å². The Kier molecular flexibility index (Phi) is 2.33. The fraction of sp³-hybridized carbons (Fsp3) is 0.300. The molecule has 0 bridgehead atoms. The van der Waals surface area contributed by atoms with Crippen LogP contribution in [0.25, 0.3) is 0 Å². The van der Waals surface area contributed by atoms with Crippen molar-refractivity contribution in [2.24, 2.45) is 0 Å². The molecule has 2 rings (SSSR count). The number of amides is 1. The Bertz CT molecular complexity index is 378. The first-order valence-corrected chi connectivity index (χ1v) is 4.85. The van der Waals surface area contributed by atoms with Gasteiger partial charge >= 0.3 is 0 Å². The Morgan fingerprint density at radius 2 is 2.29 bits per heavy atom. The molecule has 0 saturated carbocycles. The monoisotopic (exact) mass is 210 g/mol. The number of nitrogens with zero attached hydrogens (tertiary/aromatic N) is 1. The van der Waals surface area contributed by atoms with E-state index in [0.717, 1.165) is 17.9 Å². The van der Waals surface area contributed by atoms with Crippen LogP contribution in [-0.4, -0.2) is 19.5 Å². The third kappa shape index (κ3) is 1.68. The molecule has 0 saturated heterocycles. The van der Waals surface area contributed by atoms with Gasteiger partial charge in [-0.2, -0.15) is 0 Å². The number of benzene rings is 1. The molecule has 1 heterocycles. The Morgan fingerprint density at radius 1 is 1.50 bits per heavy atom. The van der Waals surface area contributed by atoms with Gasteiger partial charge in [0.15, 0.2) is 0 Å². The molecule has 0 atom stereocenters. The number of anilines is 2. The summed E-state index contributed by atoms with van der Waals surface area (Å²) in [6.45, 7) is 0.721. The molecule has 3 nitrogen and oxygen atoms in total. The van der Waals surface area contributed by atoms with E-state index < -0.39 is 0 Å². The predicted molar refractivity (Wildman–Crippen MR) is 58.0 cm³/mol. The number of hydrogen-bond donors (Lipinski definition) is 1. The van der Waals surface area contributed by atoms with Gasteiger partial charge in [0.1, 0.15) is 0 Å². The van der Waals surface area contributed by atoms with E-state index in [9.17, 15) is 4.79 Å². The van der Waals surface area contributed by atoms with E-state index in [0.29, 0.717) is 11.4 Å². The van der Waals surface area contributed by atoms with Crippen molar-refractivity contribution in [3.63, 3.8) is 0 Å². The summed E-state index contributed by atoms with van der Waals surface area (Å²) in [5.74, 6) is 0.0536. The van der Waals surface area contributed by atoms with Gasteiger partial charge in [-0.1, -0.05) is 11.6 Å². The summed E-state index contributed by atoms with van der Waals surface area (Å²) in [7, 11) is 1.95. The van der Waals surface area contributed by atoms with Crippen molar-refractivity contribution in [3.8, 4) is 0 Å². The van der Waals surface area contributed by atoms with Crippen molar-refractivity contribution in [2.45, 2.75) is 6.42 Å². The van der Waals surface area contributed by atoms with E-state index in [-0.39, 0.29) is 5.91 Å². The van der Waals surface area contributed by atoms with Gasteiger partial charge in [-0.15, -0.1) is 0 Å². The quantitative estimate of drug-likeness (QED) is 0.712. The first kappa shape index (κ1) is 9.34. The molecule has 1 aromatic rings. The van der Waals surface area contributed by atoms with E-state index >= 15 is 0 Å². The minimum atomic E-state index is 0.0536. The maximum atomic E-state index is 11.3. The second-order valence-corrected chi connectivity index (χ2v) is 3.82. The number of carbonyl (C=O) groups excluding carboxylic acids is 1. The Labute approximate surface area is 87.7 Å². The first-order valence-electron chi connectivity index (χ1n) is 4.47. The molecule has 0 aromatic heterocycles. The molecule has 0 aliphatic carbocycles. The smallest absolute Gasteiger partial charge is 0.226 e. The van der Waals surface area contributed by atoms with Crippen LogP contribution in [0.5, 0.6) is 0 Å². The summed E-state index contributed by atoms with van der Waals surface area (Å²) in [5, 5.41) is 3.53. The molecule has 1 aliphatic rings. The molecular weight excluding hydrogens is 200 g/mol. The lowest BCUT2D eigenvalue weighted by Crippen LogP contribution is -2.18. The van der Waals surface area contributed by atoms with E-state index in [1.807, 2.05) is 24.1 Å². The van der Waals surface area contributed by atoms with E-state index in [4.69, 9.17) is 11.6 Å². The van der Waals surface area contributed by atoms with E-state index in [2.05, 4.69) is 5.32 Å². The molecule has 0 unspecified atom stereocenters. The molecule has 74 valence electrons. The van der Waals surface area contributed by atoms with Crippen LogP contribution in [0.15, 0.2) is 18.2 Å². The number of fused-ring (bicyclic) bond motifs is 1. The first-order chi connectivity index (χ1) is 6.66. The number of nitrogens with one attached hydrogen (secondary N) is 1. The van der Waals surface area contributed by atoms with Gasteiger partial charge < -0.3 is 10.2 Å². The normalized spacial score (nSPS) is 15.9. The van der Waals surface area contributed by atoms with E-state index in [1.54, 1.807) is 6.07 Å². The van der Waals surface area contributed by atoms with Gasteiger partial charge in [0.25, 0.3) is 0 Å². The minimum Gasteiger partial charge on any atom is -0.372 e. The highest BCUT2D eigenvalue weighted by Gasteiger charge is 2.16. The lowest BCUT2D eigenvalue weighted by atomic mass is 10.2. The summed E-state index contributed by atoms with van der Waals surface area (Å²) in [6, 6.07) is 5.47. The summed E-state index contributed by atoms with van der Waals surface area (Å²) in [4.78, 5) is 13.3. The lowest BCUT2D eigenvalue weighted by molar-refractivity contribution is -0.115. The van der Waals surface area contributed by atoms with Crippen LogP contribution in [0.1, 0.15) is 6.42 Å². The topological polar surface area (TPSA) is 32.3 Å². The Morgan fingerprint density at radius 3 is 3.07 bits per heavy atom. The van der Waals surface area contributed by atoms with Crippen molar-refractivity contribution in [2.75, 3.05) is 23.8 Å². The highest BCUT2D eigenvalue weighted by atomic mass is 35.5. The minimum absolute atomic E-state index is 0.0536. The second kappa shape index (κ2) is 3.50. The lowest BCUT2D eigenvalue weighted by Gasteiger charge is -2.18. The number of hydrogen-bond acceptors (Lipinski definition) is 2. The Balaban J connectivity index is 2.46. The molecule has 1 amide bonds. The van der Waals surface area contributed by atoms with Crippen LogP contribution in [0.4, 0.5) is 11.4 Å². The molecule has 4 heteroatoms. The molecule has 0 radical (unpaired) electrons. The maximum Gasteiger partial charge on any atom is 0.226 e.